The summed E-state index contributed by atoms with van der Waals surface area (Å²) in [6.45, 7) is 3.22. The first-order valence-corrected chi connectivity index (χ1v) is 6.86. The summed E-state index contributed by atoms with van der Waals surface area (Å²) >= 11 is 5.26. The van der Waals surface area contributed by atoms with Crippen molar-refractivity contribution in [1.82, 2.24) is 5.32 Å². The number of halogens is 1. The first-order chi connectivity index (χ1) is 7.27. The molecule has 1 heterocycles. The number of nitrogens with one attached hydrogen (secondary N) is 1. The fourth-order valence-electron chi connectivity index (χ4n) is 1.40. The Morgan fingerprint density at radius 2 is 2.47 bits per heavy atom. The molecule has 1 aromatic rings. The van der Waals surface area contributed by atoms with Gasteiger partial charge in [-0.1, -0.05) is 6.92 Å². The van der Waals surface area contributed by atoms with Gasteiger partial charge in [-0.3, -0.25) is 0 Å². The molecule has 0 bridgehead atoms. The van der Waals surface area contributed by atoms with Crippen molar-refractivity contribution in [2.24, 2.45) is 0 Å². The predicted octanol–water partition coefficient (Wildman–Crippen LogP) is 3.96. The van der Waals surface area contributed by atoms with Crippen LogP contribution in [0.15, 0.2) is 15.9 Å². The molecule has 0 saturated carbocycles. The molecule has 0 aliphatic rings. The topological polar surface area (TPSA) is 12.0 Å². The molecular formula is C12H16BrNS. The lowest BCUT2D eigenvalue weighted by molar-refractivity contribution is 0.512. The van der Waals surface area contributed by atoms with Crippen molar-refractivity contribution in [3.8, 4) is 12.3 Å². The van der Waals surface area contributed by atoms with E-state index in [1.807, 2.05) is 0 Å². The van der Waals surface area contributed by atoms with Crippen LogP contribution in [0.25, 0.3) is 0 Å². The molecule has 3 heteroatoms. The average molecular weight is 286 g/mol. The van der Waals surface area contributed by atoms with Crippen molar-refractivity contribution in [1.29, 1.82) is 0 Å². The highest BCUT2D eigenvalue weighted by Crippen LogP contribution is 2.28. The van der Waals surface area contributed by atoms with E-state index in [2.05, 4.69) is 45.5 Å². The lowest BCUT2D eigenvalue weighted by atomic mass is 10.1. The summed E-state index contributed by atoms with van der Waals surface area (Å²) in [5, 5.41) is 5.64. The predicted molar refractivity (Wildman–Crippen MR) is 71.1 cm³/mol. The number of rotatable bonds is 6. The molecule has 0 aliphatic heterocycles. The summed E-state index contributed by atoms with van der Waals surface area (Å²) in [5.41, 5.74) is 0. The zero-order valence-corrected chi connectivity index (χ0v) is 11.3. The Morgan fingerprint density at radius 1 is 1.67 bits per heavy atom. The van der Waals surface area contributed by atoms with E-state index in [1.54, 1.807) is 11.3 Å². The smallest absolute Gasteiger partial charge is 0.0424 e. The molecule has 1 atom stereocenters. The van der Waals surface area contributed by atoms with Gasteiger partial charge in [0, 0.05) is 27.2 Å². The third-order valence-electron chi connectivity index (χ3n) is 2.15. The van der Waals surface area contributed by atoms with Gasteiger partial charge in [0.05, 0.1) is 0 Å². The zero-order valence-electron chi connectivity index (χ0n) is 8.92. The van der Waals surface area contributed by atoms with Crippen LogP contribution in [0.3, 0.4) is 0 Å². The Labute approximate surface area is 104 Å². The van der Waals surface area contributed by atoms with Gasteiger partial charge in [0.1, 0.15) is 0 Å². The van der Waals surface area contributed by atoms with E-state index in [0.29, 0.717) is 6.04 Å². The Morgan fingerprint density at radius 3 is 3.00 bits per heavy atom. The van der Waals surface area contributed by atoms with Crippen molar-refractivity contribution in [3.63, 3.8) is 0 Å². The molecule has 1 unspecified atom stereocenters. The molecule has 0 aromatic carbocycles. The van der Waals surface area contributed by atoms with Crippen LogP contribution in [0.2, 0.25) is 0 Å². The second-order valence-corrected chi connectivity index (χ2v) is 5.28. The normalized spacial score (nSPS) is 12.3. The van der Waals surface area contributed by atoms with Crippen LogP contribution in [0.5, 0.6) is 0 Å². The Bertz CT molecular complexity index is 327. The summed E-state index contributed by atoms with van der Waals surface area (Å²) in [6, 6.07) is 2.59. The molecule has 1 rings (SSSR count). The van der Waals surface area contributed by atoms with Crippen LogP contribution in [0, 0.1) is 12.3 Å². The molecule has 0 aliphatic carbocycles. The monoisotopic (exact) mass is 285 g/mol. The first kappa shape index (κ1) is 12.8. The third kappa shape index (κ3) is 4.38. The number of terminal acetylenes is 1. The SMILES string of the molecule is C#CCCC(NCCC)c1cc(Br)cs1. The van der Waals surface area contributed by atoms with Gasteiger partial charge in [0.25, 0.3) is 0 Å². The number of thiophene rings is 1. The minimum Gasteiger partial charge on any atom is -0.309 e. The highest BCUT2D eigenvalue weighted by molar-refractivity contribution is 9.10. The minimum atomic E-state index is 0.414. The molecule has 0 amide bonds. The summed E-state index contributed by atoms with van der Waals surface area (Å²) < 4.78 is 1.16. The maximum absolute atomic E-state index is 5.31. The molecule has 0 spiro atoms. The van der Waals surface area contributed by atoms with Crippen LogP contribution in [0.1, 0.15) is 37.1 Å². The van der Waals surface area contributed by atoms with Crippen molar-refractivity contribution in [2.75, 3.05) is 6.54 Å². The minimum absolute atomic E-state index is 0.414. The second-order valence-electron chi connectivity index (χ2n) is 3.42. The summed E-state index contributed by atoms with van der Waals surface area (Å²) in [5.74, 6) is 2.70. The van der Waals surface area contributed by atoms with E-state index in [-0.39, 0.29) is 0 Å². The lowest BCUT2D eigenvalue weighted by Crippen LogP contribution is -2.21. The molecule has 15 heavy (non-hydrogen) atoms. The summed E-state index contributed by atoms with van der Waals surface area (Å²) in [6.07, 6.45) is 8.30. The quantitative estimate of drug-likeness (QED) is 0.780. The number of hydrogen-bond donors (Lipinski definition) is 1. The van der Waals surface area contributed by atoms with Crippen LogP contribution in [0.4, 0.5) is 0 Å². The van der Waals surface area contributed by atoms with Crippen molar-refractivity contribution >= 4 is 27.3 Å². The molecule has 0 radical (unpaired) electrons. The Kier molecular flexibility index (Phi) is 6.00. The Hall–Kier alpha value is -0.300. The van der Waals surface area contributed by atoms with Gasteiger partial charge in [-0.25, -0.2) is 0 Å². The van der Waals surface area contributed by atoms with Crippen LogP contribution < -0.4 is 5.32 Å². The fourth-order valence-corrected chi connectivity index (χ4v) is 2.96. The van der Waals surface area contributed by atoms with E-state index in [0.717, 1.165) is 30.3 Å². The van der Waals surface area contributed by atoms with Gasteiger partial charge in [-0.2, -0.15) is 0 Å². The average Bonchev–Trinajstić information content (AvgIpc) is 2.65. The van der Waals surface area contributed by atoms with Gasteiger partial charge in [0.2, 0.25) is 0 Å². The highest BCUT2D eigenvalue weighted by Gasteiger charge is 2.11. The van der Waals surface area contributed by atoms with Gasteiger partial charge < -0.3 is 5.32 Å². The van der Waals surface area contributed by atoms with Crippen molar-refractivity contribution in [3.05, 3.63) is 20.8 Å². The standard InChI is InChI=1S/C12H16BrNS/c1-3-5-6-11(14-7-4-2)12-8-10(13)9-15-12/h1,8-9,11,14H,4-7H2,2H3. The lowest BCUT2D eigenvalue weighted by Gasteiger charge is -2.15. The summed E-state index contributed by atoms with van der Waals surface area (Å²) in [4.78, 5) is 1.37. The number of hydrogen-bond acceptors (Lipinski definition) is 2. The van der Waals surface area contributed by atoms with Gasteiger partial charge in [-0.15, -0.1) is 23.7 Å². The van der Waals surface area contributed by atoms with Crippen molar-refractivity contribution in [2.45, 2.75) is 32.2 Å². The molecule has 0 fully saturated rings. The van der Waals surface area contributed by atoms with Gasteiger partial charge in [0.15, 0.2) is 0 Å². The Balaban J connectivity index is 2.59. The fraction of sp³-hybridized carbons (Fsp3) is 0.500. The third-order valence-corrected chi connectivity index (χ3v) is 3.96. The zero-order chi connectivity index (χ0) is 11.1. The van der Waals surface area contributed by atoms with Crippen LogP contribution in [-0.4, -0.2) is 6.54 Å². The van der Waals surface area contributed by atoms with E-state index >= 15 is 0 Å². The highest BCUT2D eigenvalue weighted by atomic mass is 79.9. The van der Waals surface area contributed by atoms with Crippen LogP contribution >= 0.6 is 27.3 Å². The second kappa shape index (κ2) is 7.05. The molecular weight excluding hydrogens is 270 g/mol. The molecule has 82 valence electrons. The molecule has 0 saturated heterocycles. The van der Waals surface area contributed by atoms with Gasteiger partial charge >= 0.3 is 0 Å². The van der Waals surface area contributed by atoms with Crippen molar-refractivity contribution < 1.29 is 0 Å². The maximum Gasteiger partial charge on any atom is 0.0424 e. The molecule has 1 N–H and O–H groups in total. The van der Waals surface area contributed by atoms with E-state index < -0.39 is 0 Å². The van der Waals surface area contributed by atoms with Gasteiger partial charge in [-0.05, 0) is 41.4 Å². The van der Waals surface area contributed by atoms with E-state index in [4.69, 9.17) is 6.42 Å². The maximum atomic E-state index is 5.31. The largest absolute Gasteiger partial charge is 0.309 e. The van der Waals surface area contributed by atoms with E-state index in [1.165, 1.54) is 4.88 Å². The van der Waals surface area contributed by atoms with E-state index in [9.17, 15) is 0 Å². The molecule has 1 aromatic heterocycles. The first-order valence-electron chi connectivity index (χ1n) is 5.18. The summed E-state index contributed by atoms with van der Waals surface area (Å²) in [7, 11) is 0. The van der Waals surface area contributed by atoms with Crippen LogP contribution in [-0.2, 0) is 0 Å². The molecule has 1 nitrogen and oxygen atoms in total.